The Bertz CT molecular complexity index is 280. The molecule has 0 atom stereocenters. The predicted octanol–water partition coefficient (Wildman–Crippen LogP) is 0.00680. The maximum absolute atomic E-state index is 11.1. The summed E-state index contributed by atoms with van der Waals surface area (Å²) >= 11 is 0. The minimum absolute atomic E-state index is 0.0942. The van der Waals surface area contributed by atoms with E-state index in [4.69, 9.17) is 0 Å². The molecule has 0 aliphatic heterocycles. The molecule has 1 fully saturated rings. The van der Waals surface area contributed by atoms with Crippen LogP contribution in [0.25, 0.3) is 0 Å². The van der Waals surface area contributed by atoms with Crippen molar-refractivity contribution in [3.05, 3.63) is 12.7 Å². The van der Waals surface area contributed by atoms with E-state index in [0.29, 0.717) is 12.8 Å². The van der Waals surface area contributed by atoms with Crippen molar-refractivity contribution >= 4 is 10.0 Å². The molecule has 5 heteroatoms. The molecule has 0 aromatic rings. The predicted molar refractivity (Wildman–Crippen MR) is 50.8 cm³/mol. The first-order valence-electron chi connectivity index (χ1n) is 4.28. The van der Waals surface area contributed by atoms with Crippen molar-refractivity contribution in [3.63, 3.8) is 0 Å². The molecule has 1 saturated carbocycles. The molecule has 0 saturated heterocycles. The number of aliphatic hydroxyl groups is 1. The van der Waals surface area contributed by atoms with Crippen LogP contribution in [0.4, 0.5) is 0 Å². The summed E-state index contributed by atoms with van der Waals surface area (Å²) in [5.74, 6) is -0.0942. The summed E-state index contributed by atoms with van der Waals surface area (Å²) in [6.45, 7) is 3.47. The molecule has 13 heavy (non-hydrogen) atoms. The van der Waals surface area contributed by atoms with Crippen molar-refractivity contribution < 1.29 is 13.5 Å². The highest BCUT2D eigenvalue weighted by molar-refractivity contribution is 7.89. The fraction of sp³-hybridized carbons (Fsp3) is 0.750. The molecule has 4 nitrogen and oxygen atoms in total. The number of nitrogens with one attached hydrogen (secondary N) is 1. The maximum atomic E-state index is 11.1. The Labute approximate surface area is 78.7 Å². The molecule has 0 aromatic carbocycles. The fourth-order valence-corrected chi connectivity index (χ4v) is 2.14. The maximum Gasteiger partial charge on any atom is 0.215 e. The molecule has 1 aliphatic rings. The Morgan fingerprint density at radius 2 is 2.15 bits per heavy atom. The lowest BCUT2D eigenvalue weighted by Gasteiger charge is -2.36. The van der Waals surface area contributed by atoms with Gasteiger partial charge in [-0.15, -0.1) is 6.58 Å². The van der Waals surface area contributed by atoms with E-state index in [9.17, 15) is 13.5 Å². The van der Waals surface area contributed by atoms with Gasteiger partial charge in [-0.25, -0.2) is 13.1 Å². The van der Waals surface area contributed by atoms with Crippen molar-refractivity contribution in [3.8, 4) is 0 Å². The van der Waals surface area contributed by atoms with Gasteiger partial charge in [0, 0.05) is 6.54 Å². The molecule has 76 valence electrons. The van der Waals surface area contributed by atoms with Crippen LogP contribution in [0.2, 0.25) is 0 Å². The lowest BCUT2D eigenvalue weighted by molar-refractivity contribution is -0.0270. The molecule has 0 amide bonds. The van der Waals surface area contributed by atoms with E-state index in [2.05, 4.69) is 11.3 Å². The number of sulfonamides is 1. The van der Waals surface area contributed by atoms with E-state index in [1.807, 2.05) is 0 Å². The molecule has 1 aliphatic carbocycles. The third-order valence-electron chi connectivity index (χ3n) is 2.24. The first-order valence-corrected chi connectivity index (χ1v) is 5.93. The monoisotopic (exact) mass is 205 g/mol. The second-order valence-corrected chi connectivity index (χ2v) is 5.32. The minimum Gasteiger partial charge on any atom is -0.389 e. The van der Waals surface area contributed by atoms with Gasteiger partial charge in [0.05, 0.1) is 11.4 Å². The normalized spacial score (nSPS) is 20.7. The van der Waals surface area contributed by atoms with Gasteiger partial charge in [-0.3, -0.25) is 0 Å². The largest absolute Gasteiger partial charge is 0.389 e. The van der Waals surface area contributed by atoms with Crippen LogP contribution in [0.15, 0.2) is 12.7 Å². The van der Waals surface area contributed by atoms with E-state index >= 15 is 0 Å². The van der Waals surface area contributed by atoms with Crippen LogP contribution >= 0.6 is 0 Å². The zero-order valence-electron chi connectivity index (χ0n) is 7.49. The number of rotatable bonds is 5. The Hall–Kier alpha value is -0.390. The van der Waals surface area contributed by atoms with Crippen LogP contribution in [-0.4, -0.2) is 31.4 Å². The quantitative estimate of drug-likeness (QED) is 0.621. The molecule has 0 unspecified atom stereocenters. The average molecular weight is 205 g/mol. The standard InChI is InChI=1S/C8H15NO3S/c1-2-6-13(11,12)9-7-8(10)4-3-5-8/h2,9-10H,1,3-7H2. The zero-order chi connectivity index (χ0) is 9.95. The minimum atomic E-state index is -3.27. The van der Waals surface area contributed by atoms with Crippen LogP contribution < -0.4 is 4.72 Å². The second-order valence-electron chi connectivity index (χ2n) is 3.47. The first-order chi connectivity index (χ1) is 5.97. The SMILES string of the molecule is C=CCS(=O)(=O)NCC1(O)CCC1. The molecule has 0 bridgehead atoms. The Balaban J connectivity index is 2.37. The van der Waals surface area contributed by atoms with E-state index < -0.39 is 15.6 Å². The highest BCUT2D eigenvalue weighted by Crippen LogP contribution is 2.30. The zero-order valence-corrected chi connectivity index (χ0v) is 8.31. The van der Waals surface area contributed by atoms with Crippen molar-refractivity contribution in [2.75, 3.05) is 12.3 Å². The summed E-state index contributed by atoms with van der Waals surface area (Å²) in [6, 6.07) is 0. The highest BCUT2D eigenvalue weighted by atomic mass is 32.2. The van der Waals surface area contributed by atoms with Crippen LogP contribution in [0, 0.1) is 0 Å². The van der Waals surface area contributed by atoms with E-state index in [-0.39, 0.29) is 12.3 Å². The van der Waals surface area contributed by atoms with Gasteiger partial charge in [-0.05, 0) is 19.3 Å². The summed E-state index contributed by atoms with van der Waals surface area (Å²) in [7, 11) is -3.27. The summed E-state index contributed by atoms with van der Waals surface area (Å²) in [5, 5.41) is 9.59. The van der Waals surface area contributed by atoms with Crippen LogP contribution in [0.1, 0.15) is 19.3 Å². The Morgan fingerprint density at radius 1 is 1.54 bits per heavy atom. The Kier molecular flexibility index (Phi) is 3.10. The number of hydrogen-bond donors (Lipinski definition) is 2. The molecule has 0 radical (unpaired) electrons. The average Bonchev–Trinajstić information content (AvgIpc) is 1.97. The van der Waals surface area contributed by atoms with Crippen LogP contribution in [0.5, 0.6) is 0 Å². The molecule has 0 spiro atoms. The van der Waals surface area contributed by atoms with Gasteiger partial charge in [-0.2, -0.15) is 0 Å². The first kappa shape index (κ1) is 10.7. The molecule has 2 N–H and O–H groups in total. The third-order valence-corrected chi connectivity index (χ3v) is 3.50. The van der Waals surface area contributed by atoms with Crippen molar-refractivity contribution in [2.45, 2.75) is 24.9 Å². The summed E-state index contributed by atoms with van der Waals surface area (Å²) in [6.07, 6.45) is 3.67. The number of hydrogen-bond acceptors (Lipinski definition) is 3. The highest BCUT2D eigenvalue weighted by Gasteiger charge is 2.34. The van der Waals surface area contributed by atoms with E-state index in [1.165, 1.54) is 6.08 Å². The van der Waals surface area contributed by atoms with Gasteiger partial charge >= 0.3 is 0 Å². The van der Waals surface area contributed by atoms with Crippen LogP contribution in [-0.2, 0) is 10.0 Å². The molecule has 0 aromatic heterocycles. The topological polar surface area (TPSA) is 66.4 Å². The smallest absolute Gasteiger partial charge is 0.215 e. The third kappa shape index (κ3) is 3.10. The second kappa shape index (κ2) is 3.77. The fourth-order valence-electron chi connectivity index (χ4n) is 1.22. The molecular formula is C8H15NO3S. The van der Waals surface area contributed by atoms with Gasteiger partial charge in [0.15, 0.2) is 0 Å². The van der Waals surface area contributed by atoms with E-state index in [0.717, 1.165) is 6.42 Å². The van der Waals surface area contributed by atoms with Crippen LogP contribution in [0.3, 0.4) is 0 Å². The Morgan fingerprint density at radius 3 is 2.54 bits per heavy atom. The molecular weight excluding hydrogens is 190 g/mol. The van der Waals surface area contributed by atoms with Gasteiger partial charge in [0.1, 0.15) is 0 Å². The van der Waals surface area contributed by atoms with Gasteiger partial charge in [-0.1, -0.05) is 6.08 Å². The van der Waals surface area contributed by atoms with Gasteiger partial charge < -0.3 is 5.11 Å². The summed E-state index contributed by atoms with van der Waals surface area (Å²) in [4.78, 5) is 0. The van der Waals surface area contributed by atoms with Gasteiger partial charge in [0.25, 0.3) is 0 Å². The van der Waals surface area contributed by atoms with Gasteiger partial charge in [0.2, 0.25) is 10.0 Å². The summed E-state index contributed by atoms with van der Waals surface area (Å²) < 4.78 is 24.6. The van der Waals surface area contributed by atoms with Crippen molar-refractivity contribution in [2.24, 2.45) is 0 Å². The summed E-state index contributed by atoms with van der Waals surface area (Å²) in [5.41, 5.74) is -0.797. The molecule has 1 rings (SSSR count). The molecule has 0 heterocycles. The van der Waals surface area contributed by atoms with E-state index in [1.54, 1.807) is 0 Å². The lowest BCUT2D eigenvalue weighted by atomic mass is 9.81. The van der Waals surface area contributed by atoms with Crippen molar-refractivity contribution in [1.29, 1.82) is 0 Å². The van der Waals surface area contributed by atoms with Crippen molar-refractivity contribution in [1.82, 2.24) is 4.72 Å². The lowest BCUT2D eigenvalue weighted by Crippen LogP contribution is -2.48.